The summed E-state index contributed by atoms with van der Waals surface area (Å²) in [6.07, 6.45) is 3.19. The van der Waals surface area contributed by atoms with Crippen LogP contribution in [0.3, 0.4) is 0 Å². The van der Waals surface area contributed by atoms with Crippen molar-refractivity contribution in [2.75, 3.05) is 0 Å². The molecule has 1 saturated carbocycles. The molecule has 0 aromatic heterocycles. The first kappa shape index (κ1) is 15.5. The summed E-state index contributed by atoms with van der Waals surface area (Å²) in [7, 11) is 0. The smallest absolute Gasteiger partial charge is 0.329 e. The Balaban J connectivity index is 2.28. The third kappa shape index (κ3) is 3.09. The summed E-state index contributed by atoms with van der Waals surface area (Å²) >= 11 is 0. The Bertz CT molecular complexity index is 547. The maximum Gasteiger partial charge on any atom is 0.329 e. The lowest BCUT2D eigenvalue weighted by Crippen LogP contribution is -2.60. The first-order valence-electron chi connectivity index (χ1n) is 7.49. The van der Waals surface area contributed by atoms with Crippen molar-refractivity contribution in [3.05, 3.63) is 34.9 Å². The normalized spacial score (nSPS) is 25.4. The van der Waals surface area contributed by atoms with E-state index in [0.29, 0.717) is 12.0 Å². The van der Waals surface area contributed by atoms with Gasteiger partial charge < -0.3 is 10.4 Å². The third-order valence-corrected chi connectivity index (χ3v) is 4.50. The van der Waals surface area contributed by atoms with Crippen LogP contribution in [0.2, 0.25) is 0 Å². The van der Waals surface area contributed by atoms with Gasteiger partial charge in [0, 0.05) is 5.56 Å². The van der Waals surface area contributed by atoms with Gasteiger partial charge in [-0.25, -0.2) is 4.79 Å². The predicted octanol–water partition coefficient (Wildman–Crippen LogP) is 3.07. The molecule has 21 heavy (non-hydrogen) atoms. The molecule has 0 heterocycles. The molecule has 1 aromatic rings. The van der Waals surface area contributed by atoms with Crippen LogP contribution < -0.4 is 5.32 Å². The molecule has 1 aromatic carbocycles. The molecule has 2 rings (SSSR count). The molecule has 1 fully saturated rings. The highest BCUT2D eigenvalue weighted by molar-refractivity contribution is 5.98. The fourth-order valence-electron chi connectivity index (χ4n) is 3.28. The number of nitrogens with one attached hydrogen (secondary N) is 1. The number of aliphatic carboxylic acids is 1. The van der Waals surface area contributed by atoms with Crippen molar-refractivity contribution < 1.29 is 14.7 Å². The fourth-order valence-corrected chi connectivity index (χ4v) is 3.28. The number of carbonyl (C=O) groups excluding carboxylic acids is 1. The number of amides is 1. The number of aryl methyl sites for hydroxylation is 2. The minimum atomic E-state index is -1.13. The Kier molecular flexibility index (Phi) is 4.35. The van der Waals surface area contributed by atoms with Gasteiger partial charge in [0.15, 0.2) is 0 Å². The summed E-state index contributed by atoms with van der Waals surface area (Å²) in [4.78, 5) is 24.3. The lowest BCUT2D eigenvalue weighted by Gasteiger charge is -2.39. The van der Waals surface area contributed by atoms with Gasteiger partial charge in [0.25, 0.3) is 5.91 Å². The molecule has 0 aliphatic heterocycles. The molecule has 0 radical (unpaired) electrons. The Hall–Kier alpha value is -1.84. The van der Waals surface area contributed by atoms with Crippen LogP contribution in [0.1, 0.15) is 54.1 Å². The van der Waals surface area contributed by atoms with Crippen LogP contribution in [-0.2, 0) is 4.79 Å². The zero-order valence-electron chi connectivity index (χ0n) is 12.9. The molecule has 114 valence electrons. The highest BCUT2D eigenvalue weighted by Gasteiger charge is 2.46. The second kappa shape index (κ2) is 5.88. The molecule has 1 aliphatic carbocycles. The van der Waals surface area contributed by atoms with E-state index in [-0.39, 0.29) is 11.8 Å². The van der Waals surface area contributed by atoms with Crippen LogP contribution >= 0.6 is 0 Å². The van der Waals surface area contributed by atoms with Crippen LogP contribution in [0, 0.1) is 19.8 Å². The van der Waals surface area contributed by atoms with Gasteiger partial charge in [-0.2, -0.15) is 0 Å². The zero-order chi connectivity index (χ0) is 15.6. The Morgan fingerprint density at radius 2 is 1.81 bits per heavy atom. The first-order chi connectivity index (χ1) is 9.85. The van der Waals surface area contributed by atoms with Crippen LogP contribution in [0.25, 0.3) is 0 Å². The van der Waals surface area contributed by atoms with Crippen molar-refractivity contribution >= 4 is 11.9 Å². The van der Waals surface area contributed by atoms with Crippen LogP contribution in [0.5, 0.6) is 0 Å². The second-order valence-electron chi connectivity index (χ2n) is 6.25. The van der Waals surface area contributed by atoms with Gasteiger partial charge in [-0.1, -0.05) is 37.0 Å². The predicted molar refractivity (Wildman–Crippen MR) is 81.4 cm³/mol. The number of hydrogen-bond acceptors (Lipinski definition) is 2. The van der Waals surface area contributed by atoms with Crippen molar-refractivity contribution in [3.63, 3.8) is 0 Å². The highest BCUT2D eigenvalue weighted by Crippen LogP contribution is 2.34. The number of carbonyl (C=O) groups is 2. The van der Waals surface area contributed by atoms with Crippen molar-refractivity contribution in [1.29, 1.82) is 0 Å². The largest absolute Gasteiger partial charge is 0.479 e. The molecule has 1 aliphatic rings. The Morgan fingerprint density at radius 3 is 2.33 bits per heavy atom. The van der Waals surface area contributed by atoms with Gasteiger partial charge in [-0.05, 0) is 44.7 Å². The topological polar surface area (TPSA) is 66.4 Å². The average Bonchev–Trinajstić information content (AvgIpc) is 2.40. The molecule has 2 atom stereocenters. The van der Waals surface area contributed by atoms with E-state index in [2.05, 4.69) is 5.32 Å². The Morgan fingerprint density at radius 1 is 1.19 bits per heavy atom. The summed E-state index contributed by atoms with van der Waals surface area (Å²) in [5, 5.41) is 12.5. The van der Waals surface area contributed by atoms with Crippen molar-refractivity contribution in [2.45, 2.75) is 52.0 Å². The number of rotatable bonds is 3. The number of hydrogen-bond donors (Lipinski definition) is 2. The molecule has 4 heteroatoms. The zero-order valence-corrected chi connectivity index (χ0v) is 12.9. The molecule has 0 saturated heterocycles. The van der Waals surface area contributed by atoms with Gasteiger partial charge in [-0.15, -0.1) is 0 Å². The lowest BCUT2D eigenvalue weighted by molar-refractivity contribution is -0.148. The molecule has 2 N–H and O–H groups in total. The van der Waals surface area contributed by atoms with Gasteiger partial charge in [0.05, 0.1) is 0 Å². The lowest BCUT2D eigenvalue weighted by atomic mass is 9.73. The molecule has 1 amide bonds. The van der Waals surface area contributed by atoms with Crippen molar-refractivity contribution in [2.24, 2.45) is 5.92 Å². The molecule has 2 unspecified atom stereocenters. The number of benzene rings is 1. The second-order valence-corrected chi connectivity index (χ2v) is 6.25. The van der Waals surface area contributed by atoms with E-state index in [9.17, 15) is 14.7 Å². The monoisotopic (exact) mass is 289 g/mol. The quantitative estimate of drug-likeness (QED) is 0.898. The SMILES string of the molecule is Cc1cc(C)cc(C(=O)NC2(C(=O)O)CCCCC2C)c1. The van der Waals surface area contributed by atoms with Gasteiger partial charge in [0.1, 0.15) is 5.54 Å². The molecule has 4 nitrogen and oxygen atoms in total. The first-order valence-corrected chi connectivity index (χ1v) is 7.49. The highest BCUT2D eigenvalue weighted by atomic mass is 16.4. The molecular formula is C17H23NO3. The van der Waals surface area contributed by atoms with Crippen LogP contribution in [-0.4, -0.2) is 22.5 Å². The molecule has 0 spiro atoms. The van der Waals surface area contributed by atoms with Crippen molar-refractivity contribution in [3.8, 4) is 0 Å². The minimum Gasteiger partial charge on any atom is -0.479 e. The van der Waals surface area contributed by atoms with Gasteiger partial charge in [-0.3, -0.25) is 4.79 Å². The van der Waals surface area contributed by atoms with E-state index in [1.807, 2.05) is 26.8 Å². The third-order valence-electron chi connectivity index (χ3n) is 4.50. The average molecular weight is 289 g/mol. The maximum absolute atomic E-state index is 12.5. The minimum absolute atomic E-state index is 0.0568. The van der Waals surface area contributed by atoms with E-state index >= 15 is 0 Å². The fraction of sp³-hybridized carbons (Fsp3) is 0.529. The van der Waals surface area contributed by atoms with Gasteiger partial charge in [0.2, 0.25) is 0 Å². The standard InChI is InChI=1S/C17H23NO3/c1-11-8-12(2)10-14(9-11)15(19)18-17(16(20)21)7-5-4-6-13(17)3/h8-10,13H,4-7H2,1-3H3,(H,18,19)(H,20,21). The maximum atomic E-state index is 12.5. The van der Waals surface area contributed by atoms with Crippen LogP contribution in [0.4, 0.5) is 0 Å². The number of carboxylic acid groups (broad SMARTS) is 1. The summed E-state index contributed by atoms with van der Waals surface area (Å²) in [5.74, 6) is -1.27. The summed E-state index contributed by atoms with van der Waals surface area (Å²) in [5.41, 5.74) is 1.40. The van der Waals surface area contributed by atoms with E-state index in [0.717, 1.165) is 30.4 Å². The number of carboxylic acids is 1. The van der Waals surface area contributed by atoms with E-state index in [4.69, 9.17) is 0 Å². The summed E-state index contributed by atoms with van der Waals surface area (Å²) in [6, 6.07) is 5.59. The van der Waals surface area contributed by atoms with Crippen molar-refractivity contribution in [1.82, 2.24) is 5.32 Å². The van der Waals surface area contributed by atoms with E-state index in [1.54, 1.807) is 12.1 Å². The molecular weight excluding hydrogens is 266 g/mol. The Labute approximate surface area is 125 Å². The van der Waals surface area contributed by atoms with E-state index in [1.165, 1.54) is 0 Å². The van der Waals surface area contributed by atoms with Gasteiger partial charge >= 0.3 is 5.97 Å². The summed E-state index contributed by atoms with van der Waals surface area (Å²) < 4.78 is 0. The molecule has 0 bridgehead atoms. The van der Waals surface area contributed by atoms with Crippen LogP contribution in [0.15, 0.2) is 18.2 Å². The van der Waals surface area contributed by atoms with E-state index < -0.39 is 11.5 Å². The summed E-state index contributed by atoms with van der Waals surface area (Å²) in [6.45, 7) is 5.77.